The molecular formula is C16H20ClN3S. The standard InChI is InChI=1S/C16H20ClN3S/c1-20-12-3-2-4-13(20)9-11(8-12)18-16-19-14-7-10(17)5-6-15(14)21-16/h5-7,11-13H,2-4,8-9H2,1H3,(H,18,19). The van der Waals surface area contributed by atoms with Crippen LogP contribution in [0.25, 0.3) is 10.2 Å². The summed E-state index contributed by atoms with van der Waals surface area (Å²) in [6, 6.07) is 8.00. The first-order valence-electron chi connectivity index (χ1n) is 7.73. The van der Waals surface area contributed by atoms with Crippen molar-refractivity contribution in [1.82, 2.24) is 9.88 Å². The minimum absolute atomic E-state index is 0.563. The van der Waals surface area contributed by atoms with Gasteiger partial charge in [0.2, 0.25) is 0 Å². The monoisotopic (exact) mass is 321 g/mol. The van der Waals surface area contributed by atoms with Crippen LogP contribution < -0.4 is 5.32 Å². The molecule has 2 atom stereocenters. The molecule has 0 spiro atoms. The van der Waals surface area contributed by atoms with Gasteiger partial charge in [-0.2, -0.15) is 0 Å². The molecule has 2 unspecified atom stereocenters. The highest BCUT2D eigenvalue weighted by Crippen LogP contribution is 2.35. The lowest BCUT2D eigenvalue weighted by Crippen LogP contribution is -2.52. The Kier molecular flexibility index (Phi) is 3.56. The molecular weight excluding hydrogens is 302 g/mol. The molecule has 0 radical (unpaired) electrons. The van der Waals surface area contributed by atoms with Crippen LogP contribution in [0.15, 0.2) is 18.2 Å². The summed E-state index contributed by atoms with van der Waals surface area (Å²) < 4.78 is 1.20. The topological polar surface area (TPSA) is 28.2 Å². The maximum atomic E-state index is 6.04. The van der Waals surface area contributed by atoms with Crippen molar-refractivity contribution in [1.29, 1.82) is 0 Å². The number of hydrogen-bond donors (Lipinski definition) is 1. The van der Waals surface area contributed by atoms with Crippen LogP contribution in [-0.2, 0) is 0 Å². The number of fused-ring (bicyclic) bond motifs is 3. The molecule has 0 amide bonds. The van der Waals surface area contributed by atoms with Crippen molar-refractivity contribution in [3.05, 3.63) is 23.2 Å². The fourth-order valence-corrected chi connectivity index (χ4v) is 4.96. The minimum Gasteiger partial charge on any atom is -0.359 e. The zero-order valence-electron chi connectivity index (χ0n) is 12.2. The highest BCUT2D eigenvalue weighted by Gasteiger charge is 2.36. The summed E-state index contributed by atoms with van der Waals surface area (Å²) in [7, 11) is 2.30. The van der Waals surface area contributed by atoms with E-state index in [4.69, 9.17) is 11.6 Å². The second-order valence-corrected chi connectivity index (χ2v) is 7.81. The second kappa shape index (κ2) is 5.41. The molecule has 3 heterocycles. The fraction of sp³-hybridized carbons (Fsp3) is 0.562. The molecule has 21 heavy (non-hydrogen) atoms. The third-order valence-corrected chi connectivity index (χ3v) is 6.22. The smallest absolute Gasteiger partial charge is 0.184 e. The molecule has 3 nitrogen and oxygen atoms in total. The van der Waals surface area contributed by atoms with E-state index >= 15 is 0 Å². The number of hydrogen-bond acceptors (Lipinski definition) is 4. The summed E-state index contributed by atoms with van der Waals surface area (Å²) in [5, 5.41) is 5.48. The number of aromatic nitrogens is 1. The molecule has 2 fully saturated rings. The van der Waals surface area contributed by atoms with Gasteiger partial charge in [0.25, 0.3) is 0 Å². The SMILES string of the molecule is CN1C2CCCC1CC(Nc1nc3cc(Cl)ccc3s1)C2. The summed E-state index contributed by atoms with van der Waals surface area (Å²) in [6.45, 7) is 0. The van der Waals surface area contributed by atoms with E-state index in [0.717, 1.165) is 27.8 Å². The quantitative estimate of drug-likeness (QED) is 0.890. The number of thiazole rings is 1. The molecule has 1 aromatic carbocycles. The lowest BCUT2D eigenvalue weighted by Gasteiger charge is -2.47. The maximum Gasteiger partial charge on any atom is 0.184 e. The first kappa shape index (κ1) is 13.8. The van der Waals surface area contributed by atoms with E-state index < -0.39 is 0 Å². The average Bonchev–Trinajstić information content (AvgIpc) is 2.81. The molecule has 0 saturated carbocycles. The maximum absolute atomic E-state index is 6.04. The predicted octanol–water partition coefficient (Wildman–Crippen LogP) is 4.38. The molecule has 2 bridgehead atoms. The number of piperidine rings is 2. The number of rotatable bonds is 2. The van der Waals surface area contributed by atoms with Gasteiger partial charge in [-0.15, -0.1) is 0 Å². The third kappa shape index (κ3) is 2.65. The highest BCUT2D eigenvalue weighted by molar-refractivity contribution is 7.22. The van der Waals surface area contributed by atoms with Gasteiger partial charge in [0, 0.05) is 23.1 Å². The van der Waals surface area contributed by atoms with E-state index in [0.29, 0.717) is 6.04 Å². The van der Waals surface area contributed by atoms with Crippen LogP contribution in [0, 0.1) is 0 Å². The number of nitrogens with zero attached hydrogens (tertiary/aromatic N) is 2. The molecule has 2 saturated heterocycles. The predicted molar refractivity (Wildman–Crippen MR) is 90.5 cm³/mol. The Labute approximate surface area is 134 Å². The van der Waals surface area contributed by atoms with Gasteiger partial charge in [-0.3, -0.25) is 0 Å². The summed E-state index contributed by atoms with van der Waals surface area (Å²) in [4.78, 5) is 7.29. The third-order valence-electron chi connectivity index (χ3n) is 5.02. The van der Waals surface area contributed by atoms with Crippen LogP contribution in [0.3, 0.4) is 0 Å². The molecule has 4 rings (SSSR count). The van der Waals surface area contributed by atoms with Gasteiger partial charge in [-0.1, -0.05) is 29.4 Å². The van der Waals surface area contributed by atoms with E-state index in [9.17, 15) is 0 Å². The fourth-order valence-electron chi connectivity index (χ4n) is 3.87. The van der Waals surface area contributed by atoms with Gasteiger partial charge in [-0.25, -0.2) is 4.98 Å². The Morgan fingerprint density at radius 2 is 2.05 bits per heavy atom. The van der Waals surface area contributed by atoms with Crippen LogP contribution in [0.2, 0.25) is 5.02 Å². The van der Waals surface area contributed by atoms with Gasteiger partial charge >= 0.3 is 0 Å². The zero-order chi connectivity index (χ0) is 14.4. The second-order valence-electron chi connectivity index (χ2n) is 6.35. The lowest BCUT2D eigenvalue weighted by atomic mass is 9.82. The first-order valence-corrected chi connectivity index (χ1v) is 8.93. The molecule has 1 aromatic heterocycles. The largest absolute Gasteiger partial charge is 0.359 e. The van der Waals surface area contributed by atoms with E-state index in [2.05, 4.69) is 28.3 Å². The number of nitrogens with one attached hydrogen (secondary N) is 1. The van der Waals surface area contributed by atoms with E-state index in [1.54, 1.807) is 11.3 Å². The Morgan fingerprint density at radius 1 is 1.29 bits per heavy atom. The van der Waals surface area contributed by atoms with Crippen molar-refractivity contribution in [2.75, 3.05) is 12.4 Å². The highest BCUT2D eigenvalue weighted by atomic mass is 35.5. The molecule has 2 aliphatic heterocycles. The van der Waals surface area contributed by atoms with Crippen LogP contribution in [0.1, 0.15) is 32.1 Å². The van der Waals surface area contributed by atoms with E-state index in [-0.39, 0.29) is 0 Å². The first-order chi connectivity index (χ1) is 10.2. The number of halogens is 1. The number of benzene rings is 1. The molecule has 2 aromatic rings. The average molecular weight is 322 g/mol. The van der Waals surface area contributed by atoms with Crippen LogP contribution in [-0.4, -0.2) is 35.1 Å². The van der Waals surface area contributed by atoms with E-state index in [1.165, 1.54) is 36.8 Å². The van der Waals surface area contributed by atoms with Crippen molar-refractivity contribution in [3.8, 4) is 0 Å². The Morgan fingerprint density at radius 3 is 2.81 bits per heavy atom. The van der Waals surface area contributed by atoms with Crippen LogP contribution >= 0.6 is 22.9 Å². The molecule has 5 heteroatoms. The van der Waals surface area contributed by atoms with Crippen LogP contribution in [0.4, 0.5) is 5.13 Å². The van der Waals surface area contributed by atoms with Gasteiger partial charge < -0.3 is 10.2 Å². The summed E-state index contributed by atoms with van der Waals surface area (Å²) >= 11 is 7.77. The minimum atomic E-state index is 0.563. The van der Waals surface area contributed by atoms with Crippen molar-refractivity contribution in [2.24, 2.45) is 0 Å². The van der Waals surface area contributed by atoms with Crippen LogP contribution in [0.5, 0.6) is 0 Å². The van der Waals surface area contributed by atoms with Crippen molar-refractivity contribution in [2.45, 2.75) is 50.2 Å². The lowest BCUT2D eigenvalue weighted by molar-refractivity contribution is 0.0608. The van der Waals surface area contributed by atoms with Crippen molar-refractivity contribution >= 4 is 38.3 Å². The van der Waals surface area contributed by atoms with Gasteiger partial charge in [0.1, 0.15) is 0 Å². The van der Waals surface area contributed by atoms with Gasteiger partial charge in [0.05, 0.1) is 10.2 Å². The van der Waals surface area contributed by atoms with Gasteiger partial charge in [0.15, 0.2) is 5.13 Å². The molecule has 2 aliphatic rings. The number of anilines is 1. The Balaban J connectivity index is 1.52. The summed E-state index contributed by atoms with van der Waals surface area (Å²) in [5.41, 5.74) is 1.00. The summed E-state index contributed by atoms with van der Waals surface area (Å²) in [6.07, 6.45) is 6.57. The zero-order valence-corrected chi connectivity index (χ0v) is 13.8. The Hall–Kier alpha value is -0.840. The van der Waals surface area contributed by atoms with E-state index in [1.807, 2.05) is 12.1 Å². The van der Waals surface area contributed by atoms with Gasteiger partial charge in [-0.05, 0) is 50.9 Å². The molecule has 1 N–H and O–H groups in total. The van der Waals surface area contributed by atoms with Crippen molar-refractivity contribution in [3.63, 3.8) is 0 Å². The Bertz CT molecular complexity index is 642. The normalized spacial score (nSPS) is 29.7. The summed E-state index contributed by atoms with van der Waals surface area (Å²) in [5.74, 6) is 0. The molecule has 112 valence electrons. The molecule has 0 aliphatic carbocycles. The van der Waals surface area contributed by atoms with Crippen molar-refractivity contribution < 1.29 is 0 Å².